The van der Waals surface area contributed by atoms with Crippen LogP contribution in [0.15, 0.2) is 0 Å². The van der Waals surface area contributed by atoms with Gasteiger partial charge in [0.25, 0.3) is 0 Å². The van der Waals surface area contributed by atoms with Crippen LogP contribution in [-0.4, -0.2) is 6.04 Å². The molecule has 2 saturated carbocycles. The molecule has 1 atom stereocenters. The molecule has 0 aromatic carbocycles. The third-order valence-electron chi connectivity index (χ3n) is 3.86. The zero-order valence-corrected chi connectivity index (χ0v) is 8.67. The summed E-state index contributed by atoms with van der Waals surface area (Å²) in [6.07, 6.45) is 12.9. The number of hydrogen-bond acceptors (Lipinski definition) is 1. The third-order valence-corrected chi connectivity index (χ3v) is 3.86. The van der Waals surface area contributed by atoms with Crippen molar-refractivity contribution in [3.63, 3.8) is 0 Å². The van der Waals surface area contributed by atoms with Crippen molar-refractivity contribution in [1.29, 1.82) is 0 Å². The van der Waals surface area contributed by atoms with Crippen LogP contribution in [-0.2, 0) is 0 Å². The van der Waals surface area contributed by atoms with Gasteiger partial charge in [-0.1, -0.05) is 32.1 Å². The first-order chi connectivity index (χ1) is 6.36. The van der Waals surface area contributed by atoms with E-state index in [1.807, 2.05) is 0 Å². The molecule has 2 aliphatic carbocycles. The van der Waals surface area contributed by atoms with Gasteiger partial charge in [0.05, 0.1) is 0 Å². The lowest BCUT2D eigenvalue weighted by molar-refractivity contribution is 0.318. The molecule has 0 spiro atoms. The third kappa shape index (κ3) is 2.98. The molecule has 2 N–H and O–H groups in total. The first kappa shape index (κ1) is 9.51. The molecule has 1 heteroatoms. The summed E-state index contributed by atoms with van der Waals surface area (Å²) in [5.41, 5.74) is 6.10. The molecule has 0 aromatic rings. The van der Waals surface area contributed by atoms with Gasteiger partial charge >= 0.3 is 0 Å². The van der Waals surface area contributed by atoms with Crippen molar-refractivity contribution in [2.24, 2.45) is 17.6 Å². The van der Waals surface area contributed by atoms with Gasteiger partial charge < -0.3 is 5.73 Å². The second kappa shape index (κ2) is 4.45. The monoisotopic (exact) mass is 181 g/mol. The van der Waals surface area contributed by atoms with Crippen LogP contribution in [0.3, 0.4) is 0 Å². The lowest BCUT2D eigenvalue weighted by atomic mass is 9.85. The molecule has 0 aromatic heterocycles. The summed E-state index contributed by atoms with van der Waals surface area (Å²) in [5, 5.41) is 0. The first-order valence-electron chi connectivity index (χ1n) is 6.12. The number of rotatable bonds is 4. The smallest absolute Gasteiger partial charge is 0.00672 e. The normalized spacial score (nSPS) is 27.5. The standard InChI is InChI=1S/C12H23N/c13-12(11-7-8-11)9-6-10-4-2-1-3-5-10/h10-12H,1-9,13H2. The topological polar surface area (TPSA) is 26.0 Å². The van der Waals surface area contributed by atoms with E-state index in [2.05, 4.69) is 0 Å². The Balaban J connectivity index is 1.60. The van der Waals surface area contributed by atoms with E-state index in [0.717, 1.165) is 11.8 Å². The van der Waals surface area contributed by atoms with Crippen LogP contribution in [0.25, 0.3) is 0 Å². The van der Waals surface area contributed by atoms with Crippen molar-refractivity contribution in [2.75, 3.05) is 0 Å². The van der Waals surface area contributed by atoms with E-state index in [9.17, 15) is 0 Å². The second-order valence-corrected chi connectivity index (χ2v) is 5.08. The Morgan fingerprint density at radius 1 is 1.00 bits per heavy atom. The highest BCUT2D eigenvalue weighted by atomic mass is 14.7. The maximum Gasteiger partial charge on any atom is 0.00672 e. The maximum atomic E-state index is 6.10. The second-order valence-electron chi connectivity index (χ2n) is 5.08. The Labute approximate surface area is 82.1 Å². The highest BCUT2D eigenvalue weighted by Crippen LogP contribution is 2.35. The van der Waals surface area contributed by atoms with Gasteiger partial charge in [-0.25, -0.2) is 0 Å². The maximum absolute atomic E-state index is 6.10. The van der Waals surface area contributed by atoms with Crippen molar-refractivity contribution < 1.29 is 0 Å². The minimum Gasteiger partial charge on any atom is -0.327 e. The summed E-state index contributed by atoms with van der Waals surface area (Å²) in [5.74, 6) is 1.93. The molecule has 2 aliphatic rings. The number of nitrogens with two attached hydrogens (primary N) is 1. The van der Waals surface area contributed by atoms with Gasteiger partial charge in [0.2, 0.25) is 0 Å². The van der Waals surface area contributed by atoms with Crippen molar-refractivity contribution >= 4 is 0 Å². The van der Waals surface area contributed by atoms with E-state index < -0.39 is 0 Å². The summed E-state index contributed by atoms with van der Waals surface area (Å²) in [7, 11) is 0. The van der Waals surface area contributed by atoms with Crippen molar-refractivity contribution in [1.82, 2.24) is 0 Å². The molecule has 0 radical (unpaired) electrons. The summed E-state index contributed by atoms with van der Waals surface area (Å²) in [4.78, 5) is 0. The van der Waals surface area contributed by atoms with E-state index in [-0.39, 0.29) is 0 Å². The average molecular weight is 181 g/mol. The van der Waals surface area contributed by atoms with Crippen molar-refractivity contribution in [3.8, 4) is 0 Å². The van der Waals surface area contributed by atoms with Crippen molar-refractivity contribution in [3.05, 3.63) is 0 Å². The molecular weight excluding hydrogens is 158 g/mol. The van der Waals surface area contributed by atoms with Gasteiger partial charge in [-0.15, -0.1) is 0 Å². The van der Waals surface area contributed by atoms with E-state index >= 15 is 0 Å². The molecule has 2 rings (SSSR count). The molecular formula is C12H23N. The molecule has 1 nitrogen and oxygen atoms in total. The van der Waals surface area contributed by atoms with E-state index in [0.29, 0.717) is 6.04 Å². The van der Waals surface area contributed by atoms with Crippen LogP contribution < -0.4 is 5.73 Å². The van der Waals surface area contributed by atoms with E-state index in [1.165, 1.54) is 57.8 Å². The van der Waals surface area contributed by atoms with Gasteiger partial charge in [0.15, 0.2) is 0 Å². The van der Waals surface area contributed by atoms with Crippen LogP contribution in [0, 0.1) is 11.8 Å². The fourth-order valence-corrected chi connectivity index (χ4v) is 2.66. The lowest BCUT2D eigenvalue weighted by Crippen LogP contribution is -2.23. The molecule has 76 valence electrons. The zero-order chi connectivity index (χ0) is 9.10. The molecule has 0 saturated heterocycles. The highest BCUT2D eigenvalue weighted by molar-refractivity contribution is 4.84. The van der Waals surface area contributed by atoms with Gasteiger partial charge in [0.1, 0.15) is 0 Å². The Bertz CT molecular complexity index is 145. The fraction of sp³-hybridized carbons (Fsp3) is 1.00. The molecule has 1 unspecified atom stereocenters. The predicted molar refractivity (Wildman–Crippen MR) is 56.5 cm³/mol. The average Bonchev–Trinajstić information content (AvgIpc) is 2.99. The van der Waals surface area contributed by atoms with Crippen LogP contribution in [0.4, 0.5) is 0 Å². The SMILES string of the molecule is NC(CCC1CCCCC1)C1CC1. The molecule has 0 heterocycles. The summed E-state index contributed by atoms with van der Waals surface area (Å²) >= 11 is 0. The lowest BCUT2D eigenvalue weighted by Gasteiger charge is -2.22. The Kier molecular flexibility index (Phi) is 3.26. The predicted octanol–water partition coefficient (Wildman–Crippen LogP) is 3.08. The minimum atomic E-state index is 0.543. The van der Waals surface area contributed by atoms with Gasteiger partial charge in [-0.05, 0) is 37.5 Å². The van der Waals surface area contributed by atoms with Crippen molar-refractivity contribution in [2.45, 2.75) is 63.8 Å². The van der Waals surface area contributed by atoms with Gasteiger partial charge in [0, 0.05) is 6.04 Å². The fourth-order valence-electron chi connectivity index (χ4n) is 2.66. The molecule has 13 heavy (non-hydrogen) atoms. The van der Waals surface area contributed by atoms with Crippen LogP contribution >= 0.6 is 0 Å². The first-order valence-corrected chi connectivity index (χ1v) is 6.12. The molecule has 0 bridgehead atoms. The van der Waals surface area contributed by atoms with E-state index in [4.69, 9.17) is 5.73 Å². The van der Waals surface area contributed by atoms with E-state index in [1.54, 1.807) is 0 Å². The number of hydrogen-bond donors (Lipinski definition) is 1. The molecule has 2 fully saturated rings. The largest absolute Gasteiger partial charge is 0.327 e. The molecule has 0 aliphatic heterocycles. The quantitative estimate of drug-likeness (QED) is 0.708. The minimum absolute atomic E-state index is 0.543. The Morgan fingerprint density at radius 2 is 1.69 bits per heavy atom. The summed E-state index contributed by atoms with van der Waals surface area (Å²) in [6.45, 7) is 0. The summed E-state index contributed by atoms with van der Waals surface area (Å²) < 4.78 is 0. The summed E-state index contributed by atoms with van der Waals surface area (Å²) in [6, 6.07) is 0.543. The molecule has 0 amide bonds. The zero-order valence-electron chi connectivity index (χ0n) is 8.67. The van der Waals surface area contributed by atoms with Crippen LogP contribution in [0.5, 0.6) is 0 Å². The van der Waals surface area contributed by atoms with Crippen LogP contribution in [0.1, 0.15) is 57.8 Å². The van der Waals surface area contributed by atoms with Gasteiger partial charge in [-0.3, -0.25) is 0 Å². The Morgan fingerprint density at radius 3 is 2.31 bits per heavy atom. The highest BCUT2D eigenvalue weighted by Gasteiger charge is 2.28. The van der Waals surface area contributed by atoms with Crippen LogP contribution in [0.2, 0.25) is 0 Å². The Hall–Kier alpha value is -0.0400. The van der Waals surface area contributed by atoms with Gasteiger partial charge in [-0.2, -0.15) is 0 Å².